The lowest BCUT2D eigenvalue weighted by Gasteiger charge is -2.29. The average Bonchev–Trinajstić information content (AvgIpc) is 1.86. The van der Waals surface area contributed by atoms with Crippen molar-refractivity contribution in [1.29, 1.82) is 0 Å². The zero-order valence-corrected chi connectivity index (χ0v) is 8.70. The molecule has 0 saturated carbocycles. The quantitative estimate of drug-likeness (QED) is 0.536. The van der Waals surface area contributed by atoms with Gasteiger partial charge < -0.3 is 0 Å². The smallest absolute Gasteiger partial charge is 0.0269 e. The second-order valence-corrected chi connectivity index (χ2v) is 4.42. The van der Waals surface area contributed by atoms with Crippen molar-refractivity contribution in [2.45, 2.75) is 47.5 Å². The molecule has 0 spiro atoms. The van der Waals surface area contributed by atoms with Crippen LogP contribution in [0.15, 0.2) is 12.2 Å². The Morgan fingerprint density at radius 2 is 1.82 bits per heavy atom. The molecule has 0 heteroatoms. The predicted octanol–water partition coefficient (Wildman–Crippen LogP) is 4.02. The van der Waals surface area contributed by atoms with Crippen LogP contribution in [0.3, 0.4) is 0 Å². The van der Waals surface area contributed by atoms with Crippen LogP contribution in [0.1, 0.15) is 47.5 Å². The highest BCUT2D eigenvalue weighted by atomic mass is 14.3. The van der Waals surface area contributed by atoms with Gasteiger partial charge in [0.15, 0.2) is 0 Å². The van der Waals surface area contributed by atoms with Crippen LogP contribution < -0.4 is 0 Å². The Kier molecular flexibility index (Phi) is 3.85. The predicted molar refractivity (Wildman–Crippen MR) is 52.7 cm³/mol. The summed E-state index contributed by atoms with van der Waals surface area (Å²) < 4.78 is 0. The van der Waals surface area contributed by atoms with Gasteiger partial charge in [-0.3, -0.25) is 0 Å². The lowest BCUT2D eigenvalue weighted by molar-refractivity contribution is 0.246. The van der Waals surface area contributed by atoms with E-state index in [1.54, 1.807) is 0 Å². The lowest BCUT2D eigenvalue weighted by Crippen LogP contribution is -2.19. The molecule has 0 aromatic heterocycles. The van der Waals surface area contributed by atoms with Crippen molar-refractivity contribution in [3.63, 3.8) is 0 Å². The largest absolute Gasteiger partial charge is 0.0999 e. The van der Waals surface area contributed by atoms with E-state index in [0.717, 1.165) is 12.3 Å². The van der Waals surface area contributed by atoms with E-state index in [9.17, 15) is 0 Å². The molecule has 0 unspecified atom stereocenters. The Hall–Kier alpha value is -0.260. The Labute approximate surface area is 71.7 Å². The number of allylic oxidation sites excluding steroid dienone is 1. The molecule has 0 saturated heterocycles. The molecule has 0 aliphatic rings. The molecule has 0 heterocycles. The first-order chi connectivity index (χ1) is 4.90. The minimum atomic E-state index is 0.424. The Morgan fingerprint density at radius 1 is 1.36 bits per heavy atom. The molecule has 0 nitrogen and oxygen atoms in total. The first-order valence-corrected chi connectivity index (χ1v) is 4.56. The van der Waals surface area contributed by atoms with Crippen LogP contribution >= 0.6 is 0 Å². The SMILES string of the molecule is C=C(CC)CC(C)(C)C(C)C. The minimum absolute atomic E-state index is 0.424. The molecule has 0 aliphatic heterocycles. The molecule has 0 fully saturated rings. The van der Waals surface area contributed by atoms with E-state index >= 15 is 0 Å². The van der Waals surface area contributed by atoms with Crippen LogP contribution in [0.5, 0.6) is 0 Å². The zero-order chi connectivity index (χ0) is 9.07. The summed E-state index contributed by atoms with van der Waals surface area (Å²) in [4.78, 5) is 0. The molecule has 66 valence electrons. The number of hydrogen-bond acceptors (Lipinski definition) is 0. The summed E-state index contributed by atoms with van der Waals surface area (Å²) in [5.41, 5.74) is 1.80. The van der Waals surface area contributed by atoms with E-state index in [1.807, 2.05) is 0 Å². The third-order valence-corrected chi connectivity index (χ3v) is 2.77. The van der Waals surface area contributed by atoms with Crippen molar-refractivity contribution in [2.24, 2.45) is 11.3 Å². The molecule has 11 heavy (non-hydrogen) atoms. The van der Waals surface area contributed by atoms with Gasteiger partial charge in [-0.1, -0.05) is 46.8 Å². The molecule has 0 radical (unpaired) electrons. The first-order valence-electron chi connectivity index (χ1n) is 4.56. The molecule has 0 bridgehead atoms. The first kappa shape index (κ1) is 10.7. The molecular formula is C11H22. The Bertz CT molecular complexity index is 129. The van der Waals surface area contributed by atoms with Gasteiger partial charge in [0, 0.05) is 0 Å². The number of rotatable bonds is 4. The maximum atomic E-state index is 4.04. The molecule has 0 rings (SSSR count). The summed E-state index contributed by atoms with van der Waals surface area (Å²) in [6, 6.07) is 0. The van der Waals surface area contributed by atoms with Crippen LogP contribution in [-0.4, -0.2) is 0 Å². The minimum Gasteiger partial charge on any atom is -0.0999 e. The van der Waals surface area contributed by atoms with E-state index < -0.39 is 0 Å². The highest BCUT2D eigenvalue weighted by Gasteiger charge is 2.22. The van der Waals surface area contributed by atoms with Crippen molar-refractivity contribution in [2.75, 3.05) is 0 Å². The van der Waals surface area contributed by atoms with Gasteiger partial charge in [0.25, 0.3) is 0 Å². The fourth-order valence-corrected chi connectivity index (χ4v) is 0.973. The second kappa shape index (κ2) is 3.94. The van der Waals surface area contributed by atoms with E-state index in [4.69, 9.17) is 0 Å². The van der Waals surface area contributed by atoms with Crippen molar-refractivity contribution in [3.05, 3.63) is 12.2 Å². The third-order valence-electron chi connectivity index (χ3n) is 2.77. The van der Waals surface area contributed by atoms with Gasteiger partial charge in [0.05, 0.1) is 0 Å². The summed E-state index contributed by atoms with van der Waals surface area (Å²) in [6.07, 6.45) is 2.29. The molecule has 0 aliphatic carbocycles. The van der Waals surface area contributed by atoms with Crippen molar-refractivity contribution >= 4 is 0 Å². The molecule has 0 amide bonds. The van der Waals surface area contributed by atoms with Crippen LogP contribution in [0.4, 0.5) is 0 Å². The molecule has 0 aromatic rings. The molecule has 0 aromatic carbocycles. The fourth-order valence-electron chi connectivity index (χ4n) is 0.973. The van der Waals surface area contributed by atoms with Gasteiger partial charge in [-0.2, -0.15) is 0 Å². The van der Waals surface area contributed by atoms with E-state index in [2.05, 4.69) is 41.2 Å². The van der Waals surface area contributed by atoms with Gasteiger partial charge in [-0.05, 0) is 24.2 Å². The maximum Gasteiger partial charge on any atom is -0.0269 e. The van der Waals surface area contributed by atoms with E-state index in [-0.39, 0.29) is 0 Å². The third kappa shape index (κ3) is 3.60. The molecular weight excluding hydrogens is 132 g/mol. The monoisotopic (exact) mass is 154 g/mol. The normalized spacial score (nSPS) is 12.2. The topological polar surface area (TPSA) is 0 Å². The van der Waals surface area contributed by atoms with Gasteiger partial charge >= 0.3 is 0 Å². The average molecular weight is 154 g/mol. The second-order valence-electron chi connectivity index (χ2n) is 4.42. The summed E-state index contributed by atoms with van der Waals surface area (Å²) in [5, 5.41) is 0. The standard InChI is InChI=1S/C11H22/c1-7-10(4)8-11(5,6)9(2)3/h9H,4,7-8H2,1-3,5-6H3. The van der Waals surface area contributed by atoms with Gasteiger partial charge in [-0.15, -0.1) is 0 Å². The summed E-state index contributed by atoms with van der Waals surface area (Å²) in [7, 11) is 0. The summed E-state index contributed by atoms with van der Waals surface area (Å²) >= 11 is 0. The molecule has 0 atom stereocenters. The fraction of sp³-hybridized carbons (Fsp3) is 0.818. The summed E-state index contributed by atoms with van der Waals surface area (Å²) in [5.74, 6) is 0.741. The van der Waals surface area contributed by atoms with Crippen molar-refractivity contribution < 1.29 is 0 Å². The van der Waals surface area contributed by atoms with Gasteiger partial charge in [0.1, 0.15) is 0 Å². The van der Waals surface area contributed by atoms with E-state index in [0.29, 0.717) is 5.41 Å². The Morgan fingerprint density at radius 3 is 2.09 bits per heavy atom. The van der Waals surface area contributed by atoms with E-state index in [1.165, 1.54) is 12.0 Å². The van der Waals surface area contributed by atoms with Crippen LogP contribution in [0, 0.1) is 11.3 Å². The maximum absolute atomic E-state index is 4.04. The highest BCUT2D eigenvalue weighted by Crippen LogP contribution is 2.33. The van der Waals surface area contributed by atoms with Gasteiger partial charge in [-0.25, -0.2) is 0 Å². The highest BCUT2D eigenvalue weighted by molar-refractivity contribution is 4.97. The van der Waals surface area contributed by atoms with Crippen LogP contribution in [0.25, 0.3) is 0 Å². The van der Waals surface area contributed by atoms with Crippen molar-refractivity contribution in [1.82, 2.24) is 0 Å². The lowest BCUT2D eigenvalue weighted by atomic mass is 9.76. The van der Waals surface area contributed by atoms with Gasteiger partial charge in [0.2, 0.25) is 0 Å². The Balaban J connectivity index is 4.01. The summed E-state index contributed by atoms with van der Waals surface area (Å²) in [6.45, 7) is 15.4. The number of hydrogen-bond donors (Lipinski definition) is 0. The van der Waals surface area contributed by atoms with Crippen molar-refractivity contribution in [3.8, 4) is 0 Å². The van der Waals surface area contributed by atoms with Crippen LogP contribution in [0.2, 0.25) is 0 Å². The zero-order valence-electron chi connectivity index (χ0n) is 8.70. The molecule has 0 N–H and O–H groups in total. The van der Waals surface area contributed by atoms with Crippen LogP contribution in [-0.2, 0) is 0 Å².